The van der Waals surface area contributed by atoms with Crippen LogP contribution in [0.3, 0.4) is 0 Å². The van der Waals surface area contributed by atoms with Crippen molar-refractivity contribution in [3.8, 4) is 0 Å². The molecule has 0 aliphatic heterocycles. The quantitative estimate of drug-likeness (QED) is 0.407. The molecule has 0 spiro atoms. The lowest BCUT2D eigenvalue weighted by atomic mass is 10.3. The molecule has 1 heterocycles. The summed E-state index contributed by atoms with van der Waals surface area (Å²) in [7, 11) is 0. The molecule has 14 heavy (non-hydrogen) atoms. The molecular weight excluding hydrogens is 178 g/mol. The van der Waals surface area contributed by atoms with E-state index in [4.69, 9.17) is 4.74 Å². The number of carbonyl (C=O) groups is 1. The Balaban J connectivity index is 2.32. The number of allylic oxidation sites excluding steroid dienone is 1. The number of ether oxygens (including phenoxy) is 1. The number of pyridine rings is 1. The van der Waals surface area contributed by atoms with Gasteiger partial charge in [0.05, 0.1) is 6.61 Å². The van der Waals surface area contributed by atoms with Gasteiger partial charge in [-0.3, -0.25) is 0 Å². The number of hydrogen-bond acceptors (Lipinski definition) is 3. The zero-order chi connectivity index (χ0) is 10.2. The molecule has 0 N–H and O–H groups in total. The maximum atomic E-state index is 11.3. The molecule has 0 saturated carbocycles. The molecule has 74 valence electrons. The Morgan fingerprint density at radius 3 is 3.07 bits per heavy atom. The second-order valence-electron chi connectivity index (χ2n) is 2.78. The number of rotatable bonds is 5. The summed E-state index contributed by atoms with van der Waals surface area (Å²) in [4.78, 5) is 15.2. The molecule has 0 unspecified atom stereocenters. The van der Waals surface area contributed by atoms with Crippen molar-refractivity contribution in [1.82, 2.24) is 4.98 Å². The van der Waals surface area contributed by atoms with Crippen LogP contribution < -0.4 is 0 Å². The normalized spacial score (nSPS) is 9.43. The van der Waals surface area contributed by atoms with Crippen LogP contribution >= 0.6 is 0 Å². The van der Waals surface area contributed by atoms with E-state index in [2.05, 4.69) is 11.6 Å². The van der Waals surface area contributed by atoms with Gasteiger partial charge in [0.25, 0.3) is 0 Å². The molecule has 0 atom stereocenters. The minimum atomic E-state index is -0.366. The van der Waals surface area contributed by atoms with Gasteiger partial charge in [0.2, 0.25) is 0 Å². The van der Waals surface area contributed by atoms with Crippen molar-refractivity contribution in [1.29, 1.82) is 0 Å². The van der Waals surface area contributed by atoms with Gasteiger partial charge in [0.1, 0.15) is 5.69 Å². The van der Waals surface area contributed by atoms with Gasteiger partial charge in [0.15, 0.2) is 0 Å². The predicted molar refractivity (Wildman–Crippen MR) is 54.0 cm³/mol. The lowest BCUT2D eigenvalue weighted by molar-refractivity contribution is 0.0494. The first-order valence-electron chi connectivity index (χ1n) is 4.53. The van der Waals surface area contributed by atoms with Crippen LogP contribution in [0.4, 0.5) is 0 Å². The van der Waals surface area contributed by atoms with Crippen LogP contribution in [0.2, 0.25) is 0 Å². The summed E-state index contributed by atoms with van der Waals surface area (Å²) >= 11 is 0. The first kappa shape index (κ1) is 10.4. The summed E-state index contributed by atoms with van der Waals surface area (Å²) in [6.45, 7) is 4.00. The van der Waals surface area contributed by atoms with Crippen LogP contribution in [0.25, 0.3) is 0 Å². The third-order valence-corrected chi connectivity index (χ3v) is 1.66. The Hall–Kier alpha value is -1.64. The minimum Gasteiger partial charge on any atom is -0.461 e. The third kappa shape index (κ3) is 3.39. The van der Waals surface area contributed by atoms with Crippen molar-refractivity contribution in [3.63, 3.8) is 0 Å². The third-order valence-electron chi connectivity index (χ3n) is 1.66. The predicted octanol–water partition coefficient (Wildman–Crippen LogP) is 2.20. The smallest absolute Gasteiger partial charge is 0.356 e. The largest absolute Gasteiger partial charge is 0.461 e. The molecule has 0 bridgehead atoms. The molecule has 0 aliphatic carbocycles. The maximum absolute atomic E-state index is 11.3. The van der Waals surface area contributed by atoms with E-state index in [-0.39, 0.29) is 5.97 Å². The number of hydrogen-bond donors (Lipinski definition) is 0. The van der Waals surface area contributed by atoms with E-state index in [1.165, 1.54) is 0 Å². The Labute approximate surface area is 83.4 Å². The topological polar surface area (TPSA) is 39.2 Å². The van der Waals surface area contributed by atoms with E-state index >= 15 is 0 Å². The fourth-order valence-electron chi connectivity index (χ4n) is 0.950. The fourth-order valence-corrected chi connectivity index (χ4v) is 0.950. The van der Waals surface area contributed by atoms with Crippen molar-refractivity contribution >= 4 is 5.97 Å². The van der Waals surface area contributed by atoms with Gasteiger partial charge < -0.3 is 4.74 Å². The molecule has 1 rings (SSSR count). The van der Waals surface area contributed by atoms with Crippen LogP contribution in [0.1, 0.15) is 23.3 Å². The number of esters is 1. The van der Waals surface area contributed by atoms with Crippen molar-refractivity contribution in [2.75, 3.05) is 6.61 Å². The molecule has 1 aromatic heterocycles. The lowest BCUT2D eigenvalue weighted by Gasteiger charge is -2.01. The van der Waals surface area contributed by atoms with Gasteiger partial charge in [-0.25, -0.2) is 9.78 Å². The van der Waals surface area contributed by atoms with Crippen molar-refractivity contribution in [2.24, 2.45) is 0 Å². The SMILES string of the molecule is C=CCCCOC(=O)c1ccccn1. The molecular formula is C11H13NO2. The molecule has 3 nitrogen and oxygen atoms in total. The fraction of sp³-hybridized carbons (Fsp3) is 0.273. The average molecular weight is 191 g/mol. The summed E-state index contributed by atoms with van der Waals surface area (Å²) in [5.74, 6) is -0.366. The summed E-state index contributed by atoms with van der Waals surface area (Å²) in [5, 5.41) is 0. The summed E-state index contributed by atoms with van der Waals surface area (Å²) in [6, 6.07) is 5.15. The van der Waals surface area contributed by atoms with Crippen LogP contribution in [-0.2, 0) is 4.74 Å². The van der Waals surface area contributed by atoms with Crippen LogP contribution in [-0.4, -0.2) is 17.6 Å². The number of unbranched alkanes of at least 4 members (excludes halogenated alkanes) is 1. The van der Waals surface area contributed by atoms with Crippen LogP contribution in [0.15, 0.2) is 37.1 Å². The molecule has 0 radical (unpaired) electrons. The van der Waals surface area contributed by atoms with Gasteiger partial charge in [-0.2, -0.15) is 0 Å². The molecule has 0 amide bonds. The lowest BCUT2D eigenvalue weighted by Crippen LogP contribution is -2.07. The highest BCUT2D eigenvalue weighted by Gasteiger charge is 2.06. The Kier molecular flexibility index (Phi) is 4.41. The second kappa shape index (κ2) is 5.91. The van der Waals surface area contributed by atoms with E-state index in [0.717, 1.165) is 12.8 Å². The molecule has 0 aliphatic rings. The van der Waals surface area contributed by atoms with E-state index < -0.39 is 0 Å². The number of nitrogens with zero attached hydrogens (tertiary/aromatic N) is 1. The van der Waals surface area contributed by atoms with Crippen molar-refractivity contribution in [3.05, 3.63) is 42.7 Å². The Morgan fingerprint density at radius 1 is 1.57 bits per heavy atom. The van der Waals surface area contributed by atoms with E-state index in [0.29, 0.717) is 12.3 Å². The minimum absolute atomic E-state index is 0.353. The monoisotopic (exact) mass is 191 g/mol. The van der Waals surface area contributed by atoms with Gasteiger partial charge >= 0.3 is 5.97 Å². The zero-order valence-electron chi connectivity index (χ0n) is 7.98. The first-order valence-corrected chi connectivity index (χ1v) is 4.53. The zero-order valence-corrected chi connectivity index (χ0v) is 7.98. The highest BCUT2D eigenvalue weighted by atomic mass is 16.5. The van der Waals surface area contributed by atoms with Crippen molar-refractivity contribution in [2.45, 2.75) is 12.8 Å². The maximum Gasteiger partial charge on any atom is 0.356 e. The first-order chi connectivity index (χ1) is 6.84. The highest BCUT2D eigenvalue weighted by molar-refractivity contribution is 5.87. The van der Waals surface area contributed by atoms with Crippen molar-refractivity contribution < 1.29 is 9.53 Å². The average Bonchev–Trinajstić information content (AvgIpc) is 2.25. The number of aromatic nitrogens is 1. The highest BCUT2D eigenvalue weighted by Crippen LogP contribution is 1.98. The van der Waals surface area contributed by atoms with Gasteiger partial charge in [-0.1, -0.05) is 12.1 Å². The molecule has 1 aromatic rings. The van der Waals surface area contributed by atoms with E-state index in [1.54, 1.807) is 30.5 Å². The van der Waals surface area contributed by atoms with Gasteiger partial charge in [-0.05, 0) is 25.0 Å². The molecule has 0 fully saturated rings. The summed E-state index contributed by atoms with van der Waals surface area (Å²) in [6.07, 6.45) is 5.03. The van der Waals surface area contributed by atoms with E-state index in [1.807, 2.05) is 0 Å². The Morgan fingerprint density at radius 2 is 2.43 bits per heavy atom. The Bertz CT molecular complexity index is 295. The standard InChI is InChI=1S/C11H13NO2/c1-2-3-6-9-14-11(13)10-7-4-5-8-12-10/h2,4-5,7-8H,1,3,6,9H2. The molecule has 0 saturated heterocycles. The van der Waals surface area contributed by atoms with E-state index in [9.17, 15) is 4.79 Å². The van der Waals surface area contributed by atoms with Gasteiger partial charge in [-0.15, -0.1) is 6.58 Å². The second-order valence-corrected chi connectivity index (χ2v) is 2.78. The molecule has 0 aromatic carbocycles. The van der Waals surface area contributed by atoms with Gasteiger partial charge in [0, 0.05) is 6.20 Å². The summed E-state index contributed by atoms with van der Waals surface area (Å²) in [5.41, 5.74) is 0.353. The molecule has 3 heteroatoms. The summed E-state index contributed by atoms with van der Waals surface area (Å²) < 4.78 is 4.98. The number of carbonyl (C=O) groups excluding carboxylic acids is 1. The van der Waals surface area contributed by atoms with Crippen LogP contribution in [0, 0.1) is 0 Å². The van der Waals surface area contributed by atoms with Crippen LogP contribution in [0.5, 0.6) is 0 Å².